The fraction of sp³-hybridized carbons (Fsp3) is 0.222. The number of ether oxygens (including phenoxy) is 1. The molecule has 1 amide bonds. The van der Waals surface area contributed by atoms with E-state index in [2.05, 4.69) is 4.98 Å². The van der Waals surface area contributed by atoms with Crippen molar-refractivity contribution < 1.29 is 9.53 Å². The van der Waals surface area contributed by atoms with Crippen molar-refractivity contribution >= 4 is 12.0 Å². The molecule has 4 heteroatoms. The molecule has 22 heavy (non-hydrogen) atoms. The van der Waals surface area contributed by atoms with E-state index in [4.69, 9.17) is 4.74 Å². The second-order valence-electron chi connectivity index (χ2n) is 4.99. The summed E-state index contributed by atoms with van der Waals surface area (Å²) in [5.41, 5.74) is 1.88. The molecule has 0 aliphatic heterocycles. The molecule has 0 saturated carbocycles. The molecule has 114 valence electrons. The smallest absolute Gasteiger partial charge is 0.246 e. The fourth-order valence-corrected chi connectivity index (χ4v) is 2.17. The van der Waals surface area contributed by atoms with Crippen molar-refractivity contribution in [2.24, 2.45) is 0 Å². The van der Waals surface area contributed by atoms with E-state index in [0.717, 1.165) is 16.9 Å². The summed E-state index contributed by atoms with van der Waals surface area (Å²) in [4.78, 5) is 18.0. The molecule has 0 aliphatic rings. The lowest BCUT2D eigenvalue weighted by molar-refractivity contribution is -0.126. The number of nitrogens with zero attached hydrogens (tertiary/aromatic N) is 2. The molecule has 1 aromatic heterocycles. The summed E-state index contributed by atoms with van der Waals surface area (Å²) in [7, 11) is 3.42. The maximum Gasteiger partial charge on any atom is 0.246 e. The number of likely N-dealkylation sites (N-methyl/N-ethyl adjacent to an activating group) is 1. The normalized spacial score (nSPS) is 12.1. The highest BCUT2D eigenvalue weighted by Crippen LogP contribution is 2.28. The predicted octanol–water partition coefficient (Wildman–Crippen LogP) is 3.32. The molecular formula is C18H20N2O2. The minimum Gasteiger partial charge on any atom is -0.496 e. The molecule has 0 bridgehead atoms. The van der Waals surface area contributed by atoms with Gasteiger partial charge in [0.05, 0.1) is 13.2 Å². The lowest BCUT2D eigenvalue weighted by Crippen LogP contribution is -2.28. The minimum absolute atomic E-state index is 0.0674. The highest BCUT2D eigenvalue weighted by Gasteiger charge is 2.18. The van der Waals surface area contributed by atoms with Gasteiger partial charge in [-0.3, -0.25) is 9.78 Å². The van der Waals surface area contributed by atoms with Crippen LogP contribution in [0.3, 0.4) is 0 Å². The summed E-state index contributed by atoms with van der Waals surface area (Å²) in [6, 6.07) is 11.4. The van der Waals surface area contributed by atoms with Gasteiger partial charge in [-0.1, -0.05) is 24.3 Å². The van der Waals surface area contributed by atoms with Crippen LogP contribution in [0.1, 0.15) is 24.1 Å². The highest BCUT2D eigenvalue weighted by molar-refractivity contribution is 5.91. The Bertz CT molecular complexity index is 653. The van der Waals surface area contributed by atoms with Gasteiger partial charge >= 0.3 is 0 Å². The van der Waals surface area contributed by atoms with Crippen molar-refractivity contribution in [3.63, 3.8) is 0 Å². The number of para-hydroxylation sites is 1. The fourth-order valence-electron chi connectivity index (χ4n) is 2.17. The molecule has 1 heterocycles. The number of carbonyl (C=O) groups excluding carboxylic acids is 1. The van der Waals surface area contributed by atoms with Crippen molar-refractivity contribution in [1.29, 1.82) is 0 Å². The first-order valence-electron chi connectivity index (χ1n) is 7.11. The van der Waals surface area contributed by atoms with Crippen LogP contribution in [-0.2, 0) is 4.79 Å². The monoisotopic (exact) mass is 296 g/mol. The summed E-state index contributed by atoms with van der Waals surface area (Å²) >= 11 is 0. The zero-order valence-corrected chi connectivity index (χ0v) is 13.1. The summed E-state index contributed by atoms with van der Waals surface area (Å²) in [5, 5.41) is 0. The molecular weight excluding hydrogens is 276 g/mol. The first kappa shape index (κ1) is 15.8. The van der Waals surface area contributed by atoms with Crippen LogP contribution in [0.15, 0.2) is 54.9 Å². The third-order valence-corrected chi connectivity index (χ3v) is 3.62. The molecule has 0 radical (unpaired) electrons. The third-order valence-electron chi connectivity index (χ3n) is 3.62. The number of amides is 1. The first-order valence-corrected chi connectivity index (χ1v) is 7.11. The topological polar surface area (TPSA) is 42.4 Å². The van der Waals surface area contributed by atoms with E-state index in [0.29, 0.717) is 0 Å². The lowest BCUT2D eigenvalue weighted by atomic mass is 10.1. The standard InChI is InChI=1S/C18H20N2O2/c1-14(16-8-4-5-9-17(16)22-3)20(2)18(21)11-10-15-7-6-12-19-13-15/h4-14H,1-3H3/b11-10+. The molecule has 0 spiro atoms. The number of hydrogen-bond donors (Lipinski definition) is 0. The van der Waals surface area contributed by atoms with Crippen molar-refractivity contribution in [2.75, 3.05) is 14.2 Å². The Morgan fingerprint density at radius 3 is 2.73 bits per heavy atom. The highest BCUT2D eigenvalue weighted by atomic mass is 16.5. The maximum atomic E-state index is 12.3. The van der Waals surface area contributed by atoms with Crippen molar-refractivity contribution in [1.82, 2.24) is 9.88 Å². The van der Waals surface area contributed by atoms with Crippen molar-refractivity contribution in [3.05, 3.63) is 66.0 Å². The van der Waals surface area contributed by atoms with Crippen LogP contribution in [0.4, 0.5) is 0 Å². The van der Waals surface area contributed by atoms with Gasteiger partial charge in [0.25, 0.3) is 0 Å². The van der Waals surface area contributed by atoms with E-state index in [1.165, 1.54) is 0 Å². The van der Waals surface area contributed by atoms with Gasteiger partial charge in [0.15, 0.2) is 0 Å². The Hall–Kier alpha value is -2.62. The van der Waals surface area contributed by atoms with Crippen molar-refractivity contribution in [2.45, 2.75) is 13.0 Å². The third kappa shape index (κ3) is 3.73. The number of methoxy groups -OCH3 is 1. The van der Waals surface area contributed by atoms with Crippen LogP contribution in [-0.4, -0.2) is 29.9 Å². The number of hydrogen-bond acceptors (Lipinski definition) is 3. The Kier molecular flexibility index (Phi) is 5.31. The molecule has 1 aromatic carbocycles. The first-order chi connectivity index (χ1) is 10.6. The largest absolute Gasteiger partial charge is 0.496 e. The van der Waals surface area contributed by atoms with Gasteiger partial charge in [-0.05, 0) is 30.7 Å². The van der Waals surface area contributed by atoms with Crippen LogP contribution in [0.5, 0.6) is 5.75 Å². The Balaban J connectivity index is 2.11. The minimum atomic E-state index is -0.0813. The SMILES string of the molecule is COc1ccccc1C(C)N(C)C(=O)/C=C/c1cccnc1. The molecule has 1 unspecified atom stereocenters. The number of aromatic nitrogens is 1. The second kappa shape index (κ2) is 7.41. The van der Waals surface area contributed by atoms with Crippen LogP contribution < -0.4 is 4.74 Å². The number of pyridine rings is 1. The summed E-state index contributed by atoms with van der Waals surface area (Å²) < 4.78 is 5.36. The second-order valence-corrected chi connectivity index (χ2v) is 4.99. The van der Waals surface area contributed by atoms with E-state index in [1.54, 1.807) is 43.6 Å². The average molecular weight is 296 g/mol. The van der Waals surface area contributed by atoms with Gasteiger partial charge in [-0.2, -0.15) is 0 Å². The Morgan fingerprint density at radius 1 is 1.27 bits per heavy atom. The van der Waals surface area contributed by atoms with E-state index in [9.17, 15) is 4.79 Å². The summed E-state index contributed by atoms with van der Waals surface area (Å²) in [6.07, 6.45) is 6.74. The van der Waals surface area contributed by atoms with E-state index in [-0.39, 0.29) is 11.9 Å². The van der Waals surface area contributed by atoms with Crippen LogP contribution in [0, 0.1) is 0 Å². The zero-order valence-electron chi connectivity index (χ0n) is 13.1. The van der Waals surface area contributed by atoms with E-state index >= 15 is 0 Å². The number of benzene rings is 1. The van der Waals surface area contributed by atoms with Gasteiger partial charge in [0.1, 0.15) is 5.75 Å². The Morgan fingerprint density at radius 2 is 2.05 bits per heavy atom. The predicted molar refractivity (Wildman–Crippen MR) is 87.5 cm³/mol. The van der Waals surface area contributed by atoms with Gasteiger partial charge in [-0.25, -0.2) is 0 Å². The van der Waals surface area contributed by atoms with Crippen LogP contribution in [0.25, 0.3) is 6.08 Å². The van der Waals surface area contributed by atoms with Gasteiger partial charge in [-0.15, -0.1) is 0 Å². The molecule has 0 fully saturated rings. The number of rotatable bonds is 5. The lowest BCUT2D eigenvalue weighted by Gasteiger charge is -2.25. The van der Waals surface area contributed by atoms with Gasteiger partial charge in [0.2, 0.25) is 5.91 Å². The van der Waals surface area contributed by atoms with E-state index in [1.807, 2.05) is 43.3 Å². The molecule has 0 saturated heterocycles. The van der Waals surface area contributed by atoms with Gasteiger partial charge < -0.3 is 9.64 Å². The van der Waals surface area contributed by atoms with Gasteiger partial charge in [0, 0.05) is 31.1 Å². The zero-order chi connectivity index (χ0) is 15.9. The molecule has 0 aliphatic carbocycles. The maximum absolute atomic E-state index is 12.3. The van der Waals surface area contributed by atoms with Crippen molar-refractivity contribution in [3.8, 4) is 5.75 Å². The van der Waals surface area contributed by atoms with Crippen LogP contribution in [0.2, 0.25) is 0 Å². The average Bonchev–Trinajstić information content (AvgIpc) is 2.59. The molecule has 2 rings (SSSR count). The molecule has 4 nitrogen and oxygen atoms in total. The van der Waals surface area contributed by atoms with E-state index < -0.39 is 0 Å². The quantitative estimate of drug-likeness (QED) is 0.795. The van der Waals surface area contributed by atoms with Crippen LogP contribution >= 0.6 is 0 Å². The molecule has 0 N–H and O–H groups in total. The molecule has 1 atom stereocenters. The summed E-state index contributed by atoms with van der Waals surface area (Å²) in [6.45, 7) is 1.98. The molecule has 2 aromatic rings. The number of carbonyl (C=O) groups is 1. The Labute approximate surface area is 131 Å². The summed E-state index contributed by atoms with van der Waals surface area (Å²) in [5.74, 6) is 0.716.